The normalized spacial score (nSPS) is 48.4. The average Bonchev–Trinajstić information content (AvgIpc) is 2.91. The maximum absolute atomic E-state index is 11.3. The molecule has 0 saturated heterocycles. The summed E-state index contributed by atoms with van der Waals surface area (Å²) in [4.78, 5) is 11.3. The molecule has 0 aromatic rings. The summed E-state index contributed by atoms with van der Waals surface area (Å²) in [6.07, 6.45) is 11.6. The molecule has 3 nitrogen and oxygen atoms in total. The second-order valence-electron chi connectivity index (χ2n) is 9.54. The van der Waals surface area contributed by atoms with Crippen molar-refractivity contribution < 1.29 is 9.53 Å². The number of carbonyl (C=O) groups excluding carboxylic acids is 1. The van der Waals surface area contributed by atoms with Crippen LogP contribution < -0.4 is 0 Å². The molecular weight excluding hydrogens is 310 g/mol. The quantitative estimate of drug-likeness (QED) is 0.497. The highest BCUT2D eigenvalue weighted by Crippen LogP contribution is 2.66. The van der Waals surface area contributed by atoms with Crippen LogP contribution in [0.25, 0.3) is 0 Å². The molecular formula is C22H31NO2. The van der Waals surface area contributed by atoms with Crippen molar-refractivity contribution in [3.05, 3.63) is 11.6 Å². The first-order valence-corrected chi connectivity index (χ1v) is 10.1. The second-order valence-corrected chi connectivity index (χ2v) is 9.54. The molecule has 136 valence electrons. The van der Waals surface area contributed by atoms with E-state index in [0.29, 0.717) is 0 Å². The van der Waals surface area contributed by atoms with Gasteiger partial charge in [-0.1, -0.05) is 25.5 Å². The third-order valence-corrected chi connectivity index (χ3v) is 8.55. The highest BCUT2D eigenvalue weighted by atomic mass is 16.5. The summed E-state index contributed by atoms with van der Waals surface area (Å²) in [6, 6.07) is 2.63. The third kappa shape index (κ3) is 2.47. The summed E-state index contributed by atoms with van der Waals surface area (Å²) in [7, 11) is 0. The van der Waals surface area contributed by atoms with E-state index in [1.54, 1.807) is 5.57 Å². The Labute approximate surface area is 151 Å². The first-order chi connectivity index (χ1) is 11.9. The fraction of sp³-hybridized carbons (Fsp3) is 0.818. The van der Waals surface area contributed by atoms with Crippen LogP contribution in [0.3, 0.4) is 0 Å². The molecule has 0 aromatic heterocycles. The minimum atomic E-state index is -0.148. The van der Waals surface area contributed by atoms with Crippen LogP contribution in [0, 0.1) is 45.8 Å². The van der Waals surface area contributed by atoms with E-state index in [4.69, 9.17) is 4.74 Å². The van der Waals surface area contributed by atoms with Gasteiger partial charge in [0.05, 0.1) is 12.0 Å². The van der Waals surface area contributed by atoms with Crippen LogP contribution in [-0.2, 0) is 9.53 Å². The summed E-state index contributed by atoms with van der Waals surface area (Å²) >= 11 is 0. The van der Waals surface area contributed by atoms with Crippen molar-refractivity contribution in [3.63, 3.8) is 0 Å². The smallest absolute Gasteiger partial charge is 0.302 e. The number of esters is 1. The molecule has 0 aromatic carbocycles. The van der Waals surface area contributed by atoms with Crippen LogP contribution in [0.2, 0.25) is 0 Å². The fourth-order valence-corrected chi connectivity index (χ4v) is 7.18. The molecule has 0 radical (unpaired) electrons. The number of ether oxygens (including phenoxy) is 1. The molecule has 0 bridgehead atoms. The van der Waals surface area contributed by atoms with Crippen LogP contribution >= 0.6 is 0 Å². The largest absolute Gasteiger partial charge is 0.462 e. The zero-order valence-corrected chi connectivity index (χ0v) is 15.9. The summed E-state index contributed by atoms with van der Waals surface area (Å²) in [5.74, 6) is 2.33. The van der Waals surface area contributed by atoms with Gasteiger partial charge in [0.1, 0.15) is 6.10 Å². The topological polar surface area (TPSA) is 50.1 Å². The number of carbonyl (C=O) groups is 1. The zero-order valence-electron chi connectivity index (χ0n) is 15.9. The highest BCUT2D eigenvalue weighted by molar-refractivity contribution is 5.66. The Balaban J connectivity index is 1.59. The molecule has 3 saturated carbocycles. The van der Waals surface area contributed by atoms with Gasteiger partial charge in [-0.15, -0.1) is 0 Å². The molecule has 4 aliphatic rings. The predicted octanol–water partition coefficient (Wildman–Crippen LogP) is 5.02. The Hall–Kier alpha value is -1.30. The molecule has 4 rings (SSSR count). The molecule has 25 heavy (non-hydrogen) atoms. The van der Waals surface area contributed by atoms with Gasteiger partial charge in [0.25, 0.3) is 0 Å². The number of rotatable bonds is 1. The monoisotopic (exact) mass is 341 g/mol. The Bertz CT molecular complexity index is 647. The SMILES string of the molecule is CC(=O)O[C@H]1CC[C@]2(C)C(=CC[C@@H]3[C@H]2CC[C@@]2(C)[C@H](C#N)CC[C@@H]32)C1. The van der Waals surface area contributed by atoms with Gasteiger partial charge < -0.3 is 4.74 Å². The van der Waals surface area contributed by atoms with E-state index >= 15 is 0 Å². The van der Waals surface area contributed by atoms with E-state index in [1.807, 2.05) is 0 Å². The van der Waals surface area contributed by atoms with Crippen LogP contribution in [0.5, 0.6) is 0 Å². The van der Waals surface area contributed by atoms with Gasteiger partial charge in [0, 0.05) is 13.3 Å². The van der Waals surface area contributed by atoms with Gasteiger partial charge >= 0.3 is 5.97 Å². The number of allylic oxidation sites excluding steroid dienone is 1. The van der Waals surface area contributed by atoms with E-state index in [1.165, 1.54) is 32.6 Å². The van der Waals surface area contributed by atoms with Gasteiger partial charge in [-0.25, -0.2) is 0 Å². The molecule has 0 aliphatic heterocycles. The van der Waals surface area contributed by atoms with Gasteiger partial charge in [-0.05, 0) is 73.5 Å². The van der Waals surface area contributed by atoms with Crippen molar-refractivity contribution in [1.29, 1.82) is 5.26 Å². The average molecular weight is 341 g/mol. The minimum absolute atomic E-state index is 0.0803. The standard InChI is InChI=1S/C22H31NO2/c1-14(24)25-17-8-10-21(2)15(12-17)4-6-18-19-7-5-16(13-23)22(19,3)11-9-20(18)21/h4,16-20H,5-12H2,1-3H3/t16-,17-,18-,19-,20+,21+,22-/m0/s1. The molecule has 4 aliphatic carbocycles. The third-order valence-electron chi connectivity index (χ3n) is 8.55. The van der Waals surface area contributed by atoms with Crippen molar-refractivity contribution in [1.82, 2.24) is 0 Å². The number of nitriles is 1. The van der Waals surface area contributed by atoms with Gasteiger partial charge in [0.15, 0.2) is 0 Å². The van der Waals surface area contributed by atoms with E-state index in [2.05, 4.69) is 26.0 Å². The second kappa shape index (κ2) is 5.86. The lowest BCUT2D eigenvalue weighted by Crippen LogP contribution is -2.50. The van der Waals surface area contributed by atoms with Crippen molar-refractivity contribution >= 4 is 5.97 Å². The van der Waals surface area contributed by atoms with Gasteiger partial charge in [-0.2, -0.15) is 5.26 Å². The van der Waals surface area contributed by atoms with Crippen molar-refractivity contribution in [2.45, 2.75) is 78.2 Å². The van der Waals surface area contributed by atoms with Crippen LogP contribution in [0.1, 0.15) is 72.1 Å². The molecule has 0 heterocycles. The minimum Gasteiger partial charge on any atom is -0.462 e. The van der Waals surface area contributed by atoms with Crippen LogP contribution in [0.15, 0.2) is 11.6 Å². The lowest BCUT2D eigenvalue weighted by atomic mass is 9.47. The maximum Gasteiger partial charge on any atom is 0.302 e. The fourth-order valence-electron chi connectivity index (χ4n) is 7.18. The number of hydrogen-bond donors (Lipinski definition) is 0. The van der Waals surface area contributed by atoms with Crippen molar-refractivity contribution in [3.8, 4) is 6.07 Å². The summed E-state index contributed by atoms with van der Waals surface area (Å²) in [5.41, 5.74) is 2.07. The number of nitrogens with zero attached hydrogens (tertiary/aromatic N) is 1. The highest BCUT2D eigenvalue weighted by Gasteiger charge is 2.58. The Morgan fingerprint density at radius 3 is 2.72 bits per heavy atom. The molecule has 0 N–H and O–H groups in total. The van der Waals surface area contributed by atoms with Crippen LogP contribution in [0.4, 0.5) is 0 Å². The number of fused-ring (bicyclic) bond motifs is 5. The summed E-state index contributed by atoms with van der Waals surface area (Å²) in [6.45, 7) is 6.39. The number of hydrogen-bond acceptors (Lipinski definition) is 3. The maximum atomic E-state index is 11.3. The van der Waals surface area contributed by atoms with Crippen molar-refractivity contribution in [2.75, 3.05) is 0 Å². The lowest BCUT2D eigenvalue weighted by molar-refractivity contribution is -0.148. The first kappa shape index (κ1) is 17.1. The Morgan fingerprint density at radius 2 is 2.00 bits per heavy atom. The Morgan fingerprint density at radius 1 is 1.20 bits per heavy atom. The lowest BCUT2D eigenvalue weighted by Gasteiger charge is -2.57. The molecule has 7 atom stereocenters. The van der Waals surface area contributed by atoms with E-state index in [-0.39, 0.29) is 28.8 Å². The van der Waals surface area contributed by atoms with E-state index < -0.39 is 0 Å². The van der Waals surface area contributed by atoms with Gasteiger partial charge in [-0.3, -0.25) is 4.79 Å². The molecule has 0 spiro atoms. The Kier molecular flexibility index (Phi) is 4.02. The molecule has 3 fully saturated rings. The van der Waals surface area contributed by atoms with E-state index in [0.717, 1.165) is 43.4 Å². The molecule has 3 heteroatoms. The van der Waals surface area contributed by atoms with E-state index in [9.17, 15) is 10.1 Å². The molecule has 0 amide bonds. The zero-order chi connectivity index (χ0) is 17.8. The van der Waals surface area contributed by atoms with Crippen LogP contribution in [-0.4, -0.2) is 12.1 Å². The summed E-state index contributed by atoms with van der Waals surface area (Å²) < 4.78 is 5.52. The predicted molar refractivity (Wildman–Crippen MR) is 96.4 cm³/mol. The first-order valence-electron chi connectivity index (χ1n) is 10.1. The summed E-state index contributed by atoms with van der Waals surface area (Å²) in [5, 5.41) is 9.60. The van der Waals surface area contributed by atoms with Gasteiger partial charge in [0.2, 0.25) is 0 Å². The molecule has 0 unspecified atom stereocenters. The van der Waals surface area contributed by atoms with Crippen molar-refractivity contribution in [2.24, 2.45) is 34.5 Å².